The van der Waals surface area contributed by atoms with E-state index in [0.29, 0.717) is 68.0 Å². The van der Waals surface area contributed by atoms with E-state index in [1.165, 1.54) is 19.2 Å². The third-order valence-corrected chi connectivity index (χ3v) is 8.73. The third kappa shape index (κ3) is 11.4. The average molecular weight is 720 g/mol. The number of piperidine rings is 1. The molecule has 13 nitrogen and oxygen atoms in total. The molecule has 51 heavy (non-hydrogen) atoms. The number of aromatic amines is 1. The highest BCUT2D eigenvalue weighted by Crippen LogP contribution is 2.29. The SMILES string of the molecule is COc1cc(CNC[C@H](O)c2ccc(O)c3[nH]c(=O)ccc23)ccc1NC(=O)CCCCN(C)C(=O)CCN1CCC(OC(=O)C(F)(F)F)CC1. The number of halogens is 3. The summed E-state index contributed by atoms with van der Waals surface area (Å²) in [5, 5.41) is 27.5. The Hall–Kier alpha value is -4.67. The second kappa shape index (κ2) is 18.0. The molecule has 0 unspecified atom stereocenters. The van der Waals surface area contributed by atoms with Gasteiger partial charge in [-0.05, 0) is 61.1 Å². The Balaban J connectivity index is 1.13. The number of benzene rings is 2. The highest BCUT2D eigenvalue weighted by atomic mass is 19.4. The van der Waals surface area contributed by atoms with Crippen molar-refractivity contribution in [1.82, 2.24) is 20.1 Å². The van der Waals surface area contributed by atoms with Crippen molar-refractivity contribution in [1.29, 1.82) is 0 Å². The van der Waals surface area contributed by atoms with Crippen LogP contribution in [0.2, 0.25) is 0 Å². The number of aliphatic hydroxyl groups excluding tert-OH is 1. The normalized spacial score (nSPS) is 14.6. The zero-order valence-electron chi connectivity index (χ0n) is 28.6. The van der Waals surface area contributed by atoms with Crippen molar-refractivity contribution < 1.29 is 47.2 Å². The van der Waals surface area contributed by atoms with Crippen molar-refractivity contribution >= 4 is 34.4 Å². The van der Waals surface area contributed by atoms with E-state index in [-0.39, 0.29) is 60.9 Å². The predicted molar refractivity (Wildman–Crippen MR) is 182 cm³/mol. The van der Waals surface area contributed by atoms with E-state index in [0.717, 1.165) is 5.56 Å². The molecular weight excluding hydrogens is 675 g/mol. The van der Waals surface area contributed by atoms with Crippen LogP contribution in [0.4, 0.5) is 18.9 Å². The lowest BCUT2D eigenvalue weighted by atomic mass is 10.0. The average Bonchev–Trinajstić information content (AvgIpc) is 3.10. The maximum absolute atomic E-state index is 12.7. The van der Waals surface area contributed by atoms with Gasteiger partial charge in [-0.1, -0.05) is 12.1 Å². The number of nitrogens with one attached hydrogen (secondary N) is 3. The van der Waals surface area contributed by atoms with Crippen LogP contribution in [-0.2, 0) is 25.7 Å². The molecule has 1 saturated heterocycles. The fourth-order valence-electron chi connectivity index (χ4n) is 5.85. The lowest BCUT2D eigenvalue weighted by molar-refractivity contribution is -0.206. The molecule has 3 aromatic rings. The summed E-state index contributed by atoms with van der Waals surface area (Å²) in [5.41, 5.74) is 1.80. The summed E-state index contributed by atoms with van der Waals surface area (Å²) in [4.78, 5) is 54.1. The number of carbonyl (C=O) groups excluding carboxylic acids is 3. The van der Waals surface area contributed by atoms with Crippen molar-refractivity contribution in [3.8, 4) is 11.5 Å². The number of esters is 1. The number of hydrogen-bond donors (Lipinski definition) is 5. The van der Waals surface area contributed by atoms with E-state index in [1.807, 2.05) is 11.0 Å². The molecule has 1 aromatic heterocycles. The number of phenolic OH excluding ortho intramolecular Hbond substituents is 1. The minimum atomic E-state index is -5.01. The quantitative estimate of drug-likeness (QED) is 0.109. The summed E-state index contributed by atoms with van der Waals surface area (Å²) >= 11 is 0. The Kier molecular flexibility index (Phi) is 13.8. The highest BCUT2D eigenvalue weighted by molar-refractivity contribution is 5.92. The van der Waals surface area contributed by atoms with Crippen molar-refractivity contribution in [3.63, 3.8) is 0 Å². The minimum Gasteiger partial charge on any atom is -0.506 e. The number of phenols is 1. The number of amides is 2. The molecule has 1 aliphatic rings. The zero-order valence-corrected chi connectivity index (χ0v) is 28.6. The molecule has 0 radical (unpaired) electrons. The van der Waals surface area contributed by atoms with Gasteiger partial charge in [-0.25, -0.2) is 4.79 Å². The monoisotopic (exact) mass is 719 g/mol. The number of pyridine rings is 1. The number of nitrogens with zero attached hydrogens (tertiary/aromatic N) is 2. The van der Waals surface area contributed by atoms with E-state index >= 15 is 0 Å². The number of aromatic nitrogens is 1. The number of likely N-dealkylation sites (tertiary alicyclic amines) is 1. The number of carbonyl (C=O) groups is 3. The zero-order chi connectivity index (χ0) is 37.1. The maximum atomic E-state index is 12.7. The van der Waals surface area contributed by atoms with Gasteiger partial charge in [-0.2, -0.15) is 13.2 Å². The smallest absolute Gasteiger partial charge is 0.490 e. The molecule has 1 fully saturated rings. The number of ether oxygens (including phenoxy) is 2. The van der Waals surface area contributed by atoms with Gasteiger partial charge in [0.25, 0.3) is 0 Å². The van der Waals surface area contributed by atoms with Crippen LogP contribution >= 0.6 is 0 Å². The summed E-state index contributed by atoms with van der Waals surface area (Å²) in [5.74, 6) is -2.08. The lowest BCUT2D eigenvalue weighted by Crippen LogP contribution is -2.41. The highest BCUT2D eigenvalue weighted by Gasteiger charge is 2.42. The van der Waals surface area contributed by atoms with Crippen LogP contribution in [0.3, 0.4) is 0 Å². The van der Waals surface area contributed by atoms with Gasteiger partial charge in [0.1, 0.15) is 17.6 Å². The van der Waals surface area contributed by atoms with Gasteiger partial charge in [0.15, 0.2) is 0 Å². The number of aromatic hydroxyl groups is 1. The molecule has 2 amide bonds. The maximum Gasteiger partial charge on any atom is 0.490 e. The van der Waals surface area contributed by atoms with Crippen LogP contribution in [0.25, 0.3) is 10.9 Å². The Labute approximate surface area is 292 Å². The number of anilines is 1. The Morgan fingerprint density at radius 2 is 1.82 bits per heavy atom. The van der Waals surface area contributed by atoms with Crippen LogP contribution in [0.15, 0.2) is 47.3 Å². The van der Waals surface area contributed by atoms with Gasteiger partial charge in [0.05, 0.1) is 24.4 Å². The van der Waals surface area contributed by atoms with E-state index in [1.54, 1.807) is 36.2 Å². The van der Waals surface area contributed by atoms with Crippen molar-refractivity contribution in [2.24, 2.45) is 0 Å². The van der Waals surface area contributed by atoms with Gasteiger partial charge in [-0.3, -0.25) is 14.4 Å². The van der Waals surface area contributed by atoms with Crippen molar-refractivity contribution in [3.05, 3.63) is 63.9 Å². The lowest BCUT2D eigenvalue weighted by Gasteiger charge is -2.31. The molecule has 1 atom stereocenters. The van der Waals surface area contributed by atoms with E-state index in [2.05, 4.69) is 20.4 Å². The molecule has 2 heterocycles. The Bertz CT molecular complexity index is 1730. The fraction of sp³-hybridized carbons (Fsp3) is 0.486. The number of methoxy groups -OCH3 is 1. The minimum absolute atomic E-state index is 0.0784. The number of alkyl halides is 3. The first kappa shape index (κ1) is 39.1. The van der Waals surface area contributed by atoms with E-state index in [4.69, 9.17) is 4.74 Å². The van der Waals surface area contributed by atoms with Crippen LogP contribution in [0.1, 0.15) is 55.8 Å². The molecule has 1 aliphatic heterocycles. The molecule has 2 aromatic carbocycles. The summed E-state index contributed by atoms with van der Waals surface area (Å²) in [6, 6.07) is 11.3. The summed E-state index contributed by atoms with van der Waals surface area (Å²) in [7, 11) is 3.18. The molecular formula is C35H44F3N5O8. The number of hydrogen-bond acceptors (Lipinski definition) is 10. The molecule has 4 rings (SSSR count). The van der Waals surface area contributed by atoms with Gasteiger partial charge in [0.2, 0.25) is 17.4 Å². The van der Waals surface area contributed by atoms with Crippen LogP contribution in [-0.4, -0.2) is 102 Å². The first-order chi connectivity index (χ1) is 24.2. The molecule has 0 aliphatic carbocycles. The number of H-pyrrole nitrogens is 1. The van der Waals surface area contributed by atoms with Crippen LogP contribution in [0.5, 0.6) is 11.5 Å². The van der Waals surface area contributed by atoms with E-state index in [9.17, 15) is 42.6 Å². The Morgan fingerprint density at radius 1 is 1.08 bits per heavy atom. The molecule has 5 N–H and O–H groups in total. The summed E-state index contributed by atoms with van der Waals surface area (Å²) < 4.78 is 47.2. The Morgan fingerprint density at radius 3 is 2.53 bits per heavy atom. The van der Waals surface area contributed by atoms with Crippen LogP contribution < -0.4 is 20.9 Å². The predicted octanol–water partition coefficient (Wildman–Crippen LogP) is 3.59. The number of fused-ring (bicyclic) bond motifs is 1. The largest absolute Gasteiger partial charge is 0.506 e. The molecule has 0 saturated carbocycles. The van der Waals surface area contributed by atoms with Gasteiger partial charge in [0, 0.05) is 70.6 Å². The summed E-state index contributed by atoms with van der Waals surface area (Å²) in [6.07, 6.45) is -4.51. The van der Waals surface area contributed by atoms with Gasteiger partial charge in [-0.15, -0.1) is 0 Å². The second-order valence-electron chi connectivity index (χ2n) is 12.5. The van der Waals surface area contributed by atoms with Gasteiger partial charge >= 0.3 is 12.1 Å². The summed E-state index contributed by atoms with van der Waals surface area (Å²) in [6.45, 7) is 2.36. The topological polar surface area (TPSA) is 174 Å². The van der Waals surface area contributed by atoms with Crippen LogP contribution in [0, 0.1) is 0 Å². The number of rotatable bonds is 16. The molecule has 16 heteroatoms. The third-order valence-electron chi connectivity index (χ3n) is 8.73. The fourth-order valence-corrected chi connectivity index (χ4v) is 5.85. The number of aliphatic hydroxyl groups is 1. The first-order valence-electron chi connectivity index (χ1n) is 16.7. The van der Waals surface area contributed by atoms with E-state index < -0.39 is 24.4 Å². The molecule has 0 spiro atoms. The first-order valence-corrected chi connectivity index (χ1v) is 16.7. The standard InChI is InChI=1S/C35H44F3N5O8/c1-42(32(48)14-18-43-16-12-23(13-17-43)51-34(49)35(36,37)38)15-4-3-5-30(46)40-26-9-6-22(19-29(26)50-2)20-39-21-28(45)24-7-10-27(44)33-25(24)8-11-31(47)41-33/h6-11,19,23,28,39,44-45H,3-5,12-18,20-21H2,1-2H3,(H,40,46)(H,41,47)/t28-/m0/s1. The van der Waals surface area contributed by atoms with Crippen molar-refractivity contribution in [2.75, 3.05) is 52.2 Å². The molecule has 0 bridgehead atoms. The van der Waals surface area contributed by atoms with Gasteiger partial charge < -0.3 is 45.1 Å². The second-order valence-corrected chi connectivity index (χ2v) is 12.5. The molecule has 278 valence electrons. The van der Waals surface area contributed by atoms with Crippen molar-refractivity contribution in [2.45, 2.75) is 63.5 Å². The number of unbranched alkanes of at least 4 members (excludes halogenated alkanes) is 1.